The number of H-pyrrole nitrogens is 1. The Morgan fingerprint density at radius 2 is 2.35 bits per heavy atom. The number of aromatic amines is 1. The summed E-state index contributed by atoms with van der Waals surface area (Å²) in [7, 11) is 0. The Morgan fingerprint density at radius 3 is 3.12 bits per heavy atom. The number of rotatable bonds is 7. The zero-order valence-corrected chi connectivity index (χ0v) is 10.8. The zero-order chi connectivity index (χ0) is 11.9. The van der Waals surface area contributed by atoms with Gasteiger partial charge in [0.1, 0.15) is 11.6 Å². The van der Waals surface area contributed by atoms with E-state index in [2.05, 4.69) is 31.6 Å². The van der Waals surface area contributed by atoms with E-state index < -0.39 is 0 Å². The average Bonchev–Trinajstić information content (AvgIpc) is 2.96. The number of imidazole rings is 1. The van der Waals surface area contributed by atoms with Crippen molar-refractivity contribution in [2.75, 3.05) is 11.9 Å². The number of hydrogen-bond donors (Lipinski definition) is 2. The molecule has 2 aromatic rings. The summed E-state index contributed by atoms with van der Waals surface area (Å²) >= 11 is 1.44. The van der Waals surface area contributed by atoms with Crippen LogP contribution in [0.5, 0.6) is 0 Å². The van der Waals surface area contributed by atoms with Crippen molar-refractivity contribution in [3.05, 3.63) is 24.0 Å². The topological polar surface area (TPSA) is 66.5 Å². The maximum Gasteiger partial charge on any atom is 0.202 e. The van der Waals surface area contributed by atoms with Gasteiger partial charge in [-0.3, -0.25) is 0 Å². The van der Waals surface area contributed by atoms with Gasteiger partial charge >= 0.3 is 0 Å². The zero-order valence-electron chi connectivity index (χ0n) is 9.94. The van der Waals surface area contributed by atoms with Gasteiger partial charge in [0, 0.05) is 43.3 Å². The summed E-state index contributed by atoms with van der Waals surface area (Å²) in [6, 6.07) is 0. The van der Waals surface area contributed by atoms with E-state index in [0.717, 1.165) is 49.0 Å². The minimum atomic E-state index is 0.904. The number of aryl methyl sites for hydroxylation is 2. The number of anilines is 1. The highest BCUT2D eigenvalue weighted by molar-refractivity contribution is 7.09. The van der Waals surface area contributed by atoms with Gasteiger partial charge in [-0.05, 0) is 12.8 Å². The smallest absolute Gasteiger partial charge is 0.202 e. The highest BCUT2D eigenvalue weighted by Crippen LogP contribution is 2.12. The van der Waals surface area contributed by atoms with E-state index >= 15 is 0 Å². The Labute approximate surface area is 105 Å². The molecular weight excluding hydrogens is 234 g/mol. The standard InChI is InChI=1S/C11H17N5S/c1-2-4-10-15-11(17-16-10)14-6-3-5-9-12-7-8-13-9/h7-8H,2-6H2,1H3,(H,12,13)(H,14,15,16). The van der Waals surface area contributed by atoms with E-state index in [1.807, 2.05) is 6.20 Å². The third-order valence-corrected chi connectivity index (χ3v) is 3.07. The monoisotopic (exact) mass is 251 g/mol. The molecule has 2 N–H and O–H groups in total. The first-order valence-corrected chi connectivity index (χ1v) is 6.70. The second-order valence-electron chi connectivity index (χ2n) is 3.83. The minimum absolute atomic E-state index is 0.904. The number of hydrogen-bond acceptors (Lipinski definition) is 5. The van der Waals surface area contributed by atoms with Gasteiger partial charge in [0.25, 0.3) is 0 Å². The molecule has 0 fully saturated rings. The van der Waals surface area contributed by atoms with Crippen molar-refractivity contribution in [3.8, 4) is 0 Å². The molecule has 0 bridgehead atoms. The maximum atomic E-state index is 4.41. The van der Waals surface area contributed by atoms with Gasteiger partial charge in [-0.15, -0.1) is 0 Å². The third-order valence-electron chi connectivity index (χ3n) is 2.36. The molecule has 5 nitrogen and oxygen atoms in total. The second kappa shape index (κ2) is 6.34. The normalized spacial score (nSPS) is 10.6. The Bertz CT molecular complexity index is 423. The predicted molar refractivity (Wildman–Crippen MR) is 69.3 cm³/mol. The largest absolute Gasteiger partial charge is 0.360 e. The van der Waals surface area contributed by atoms with E-state index in [-0.39, 0.29) is 0 Å². The van der Waals surface area contributed by atoms with E-state index in [1.165, 1.54) is 11.5 Å². The van der Waals surface area contributed by atoms with Crippen LogP contribution in [0.1, 0.15) is 31.4 Å². The molecule has 0 saturated carbocycles. The summed E-state index contributed by atoms with van der Waals surface area (Å²) in [6.07, 6.45) is 7.69. The fraction of sp³-hybridized carbons (Fsp3) is 0.545. The van der Waals surface area contributed by atoms with Gasteiger partial charge in [0.05, 0.1) is 0 Å². The number of aromatic nitrogens is 4. The molecule has 0 amide bonds. The van der Waals surface area contributed by atoms with Gasteiger partial charge < -0.3 is 10.3 Å². The predicted octanol–water partition coefficient (Wildman–Crippen LogP) is 2.26. The Kier molecular flexibility index (Phi) is 4.49. The molecule has 0 atom stereocenters. The molecule has 0 radical (unpaired) electrons. The molecule has 0 aliphatic carbocycles. The molecule has 0 aromatic carbocycles. The van der Waals surface area contributed by atoms with Crippen molar-refractivity contribution >= 4 is 16.7 Å². The highest BCUT2D eigenvalue weighted by Gasteiger charge is 2.02. The number of nitrogens with one attached hydrogen (secondary N) is 2. The first-order valence-electron chi connectivity index (χ1n) is 5.93. The fourth-order valence-corrected chi connectivity index (χ4v) is 2.17. The van der Waals surface area contributed by atoms with E-state index in [1.54, 1.807) is 6.20 Å². The van der Waals surface area contributed by atoms with Crippen molar-refractivity contribution in [1.82, 2.24) is 19.3 Å². The van der Waals surface area contributed by atoms with E-state index in [9.17, 15) is 0 Å². The lowest BCUT2D eigenvalue weighted by Gasteiger charge is -2.00. The van der Waals surface area contributed by atoms with Crippen molar-refractivity contribution in [2.24, 2.45) is 0 Å². The fourth-order valence-electron chi connectivity index (χ4n) is 1.54. The van der Waals surface area contributed by atoms with Crippen LogP contribution in [0, 0.1) is 0 Å². The summed E-state index contributed by atoms with van der Waals surface area (Å²) in [5.74, 6) is 1.99. The molecular formula is C11H17N5S. The van der Waals surface area contributed by atoms with Crippen LogP contribution in [0.4, 0.5) is 5.13 Å². The molecule has 0 aliphatic rings. The van der Waals surface area contributed by atoms with Crippen molar-refractivity contribution in [1.29, 1.82) is 0 Å². The average molecular weight is 251 g/mol. The van der Waals surface area contributed by atoms with Crippen molar-refractivity contribution in [3.63, 3.8) is 0 Å². The summed E-state index contributed by atoms with van der Waals surface area (Å²) in [5, 5.41) is 4.21. The summed E-state index contributed by atoms with van der Waals surface area (Å²) in [5.41, 5.74) is 0. The first-order chi connectivity index (χ1) is 8.38. The molecule has 2 rings (SSSR count). The van der Waals surface area contributed by atoms with Gasteiger partial charge in [0.2, 0.25) is 5.13 Å². The second-order valence-corrected chi connectivity index (χ2v) is 4.58. The molecule has 92 valence electrons. The first kappa shape index (κ1) is 12.0. The lowest BCUT2D eigenvalue weighted by molar-refractivity contribution is 0.813. The van der Waals surface area contributed by atoms with Gasteiger partial charge in [-0.25, -0.2) is 9.97 Å². The molecule has 0 aliphatic heterocycles. The SMILES string of the molecule is CCCc1nsc(NCCCc2ncc[nH]2)n1. The van der Waals surface area contributed by atoms with E-state index in [4.69, 9.17) is 0 Å². The van der Waals surface area contributed by atoms with Crippen LogP contribution in [-0.4, -0.2) is 25.9 Å². The van der Waals surface area contributed by atoms with Crippen molar-refractivity contribution < 1.29 is 0 Å². The van der Waals surface area contributed by atoms with Crippen LogP contribution in [0.25, 0.3) is 0 Å². The van der Waals surface area contributed by atoms with Crippen LogP contribution in [0.2, 0.25) is 0 Å². The molecule has 2 heterocycles. The van der Waals surface area contributed by atoms with Crippen LogP contribution < -0.4 is 5.32 Å². The Balaban J connectivity index is 1.67. The molecule has 6 heteroatoms. The Morgan fingerprint density at radius 1 is 1.41 bits per heavy atom. The molecule has 17 heavy (non-hydrogen) atoms. The molecule has 0 spiro atoms. The number of nitrogens with zero attached hydrogens (tertiary/aromatic N) is 3. The van der Waals surface area contributed by atoms with Gasteiger partial charge in [-0.1, -0.05) is 6.92 Å². The maximum absolute atomic E-state index is 4.41. The van der Waals surface area contributed by atoms with E-state index in [0.29, 0.717) is 0 Å². The van der Waals surface area contributed by atoms with Crippen LogP contribution in [0.3, 0.4) is 0 Å². The highest BCUT2D eigenvalue weighted by atomic mass is 32.1. The van der Waals surface area contributed by atoms with Crippen LogP contribution in [0.15, 0.2) is 12.4 Å². The van der Waals surface area contributed by atoms with Gasteiger partial charge in [0.15, 0.2) is 0 Å². The quantitative estimate of drug-likeness (QED) is 0.741. The summed E-state index contributed by atoms with van der Waals surface area (Å²) in [4.78, 5) is 11.7. The summed E-state index contributed by atoms with van der Waals surface area (Å²) in [6.45, 7) is 3.04. The summed E-state index contributed by atoms with van der Waals surface area (Å²) < 4.78 is 4.28. The molecule has 2 aromatic heterocycles. The lowest BCUT2D eigenvalue weighted by atomic mass is 10.3. The van der Waals surface area contributed by atoms with Crippen LogP contribution >= 0.6 is 11.5 Å². The lowest BCUT2D eigenvalue weighted by Crippen LogP contribution is -2.03. The third kappa shape index (κ3) is 3.81. The van der Waals surface area contributed by atoms with Gasteiger partial charge in [-0.2, -0.15) is 4.37 Å². The molecule has 0 unspecified atom stereocenters. The minimum Gasteiger partial charge on any atom is -0.360 e. The molecule has 0 saturated heterocycles. The van der Waals surface area contributed by atoms with Crippen molar-refractivity contribution in [2.45, 2.75) is 32.6 Å². The Hall–Kier alpha value is -1.43. The van der Waals surface area contributed by atoms with Crippen LogP contribution in [-0.2, 0) is 12.8 Å².